The van der Waals surface area contributed by atoms with Gasteiger partial charge in [-0.1, -0.05) is 53.8 Å². The third-order valence-corrected chi connectivity index (χ3v) is 6.87. The average Bonchev–Trinajstić information content (AvgIpc) is 2.89. The molecule has 0 fully saturated rings. The minimum absolute atomic E-state index is 0.161. The summed E-state index contributed by atoms with van der Waals surface area (Å²) in [6, 6.07) is 12.9. The molecule has 0 N–H and O–H groups in total. The lowest BCUT2D eigenvalue weighted by Crippen LogP contribution is -2.20. The van der Waals surface area contributed by atoms with Gasteiger partial charge in [-0.05, 0) is 30.5 Å². The third-order valence-electron chi connectivity index (χ3n) is 4.14. The zero-order valence-electron chi connectivity index (χ0n) is 14.9. The van der Waals surface area contributed by atoms with Gasteiger partial charge >= 0.3 is 0 Å². The van der Waals surface area contributed by atoms with Gasteiger partial charge < -0.3 is 4.57 Å². The predicted octanol–water partition coefficient (Wildman–Crippen LogP) is 2.90. The van der Waals surface area contributed by atoms with Crippen LogP contribution in [0.25, 0.3) is 10.2 Å². The van der Waals surface area contributed by atoms with E-state index in [1.54, 1.807) is 24.3 Å². The third kappa shape index (κ3) is 3.94. The second-order valence-corrected chi connectivity index (χ2v) is 9.39. The van der Waals surface area contributed by atoms with Crippen molar-refractivity contribution >= 4 is 37.3 Å². The first-order valence-corrected chi connectivity index (χ1v) is 10.8. The topological polar surface area (TPSA) is 68.5 Å². The number of thiazole rings is 1. The number of fused-ring (bicyclic) bond motifs is 1. The van der Waals surface area contributed by atoms with Crippen LogP contribution in [0.1, 0.15) is 16.7 Å². The summed E-state index contributed by atoms with van der Waals surface area (Å²) >= 11 is 1.40. The Morgan fingerprint density at radius 3 is 2.38 bits per heavy atom. The van der Waals surface area contributed by atoms with Crippen LogP contribution in [-0.4, -0.2) is 24.6 Å². The number of aromatic nitrogens is 1. The van der Waals surface area contributed by atoms with Gasteiger partial charge in [-0.2, -0.15) is 4.99 Å². The molecule has 1 amide bonds. The molecule has 0 saturated heterocycles. The Bertz CT molecular complexity index is 1140. The Balaban J connectivity index is 1.90. The molecule has 3 aromatic rings. The van der Waals surface area contributed by atoms with Crippen LogP contribution in [0.15, 0.2) is 47.5 Å². The summed E-state index contributed by atoms with van der Waals surface area (Å²) in [7, 11) is -1.72. The van der Waals surface area contributed by atoms with E-state index < -0.39 is 21.5 Å². The van der Waals surface area contributed by atoms with E-state index in [4.69, 9.17) is 0 Å². The van der Waals surface area contributed by atoms with Gasteiger partial charge in [0, 0.05) is 7.05 Å². The smallest absolute Gasteiger partial charge is 0.263 e. The van der Waals surface area contributed by atoms with Gasteiger partial charge in [0.25, 0.3) is 5.91 Å². The maximum absolute atomic E-state index is 12.3. The second kappa shape index (κ2) is 7.17. The summed E-state index contributed by atoms with van der Waals surface area (Å²) in [6.07, 6.45) is 0. The number of hydrogen-bond donors (Lipinski definition) is 0. The fraction of sp³-hybridized carbons (Fsp3) is 0.263. The number of hydrogen-bond acceptors (Lipinski definition) is 4. The largest absolute Gasteiger partial charge is 0.319 e. The molecule has 0 spiro atoms. The van der Waals surface area contributed by atoms with Crippen molar-refractivity contribution in [3.05, 3.63) is 64.0 Å². The van der Waals surface area contributed by atoms with E-state index in [-0.39, 0.29) is 5.75 Å². The highest BCUT2D eigenvalue weighted by Gasteiger charge is 2.18. The van der Waals surface area contributed by atoms with E-state index in [2.05, 4.69) is 4.99 Å². The van der Waals surface area contributed by atoms with E-state index >= 15 is 0 Å². The molecule has 26 heavy (non-hydrogen) atoms. The number of aryl methyl sites for hydroxylation is 3. The molecule has 0 aliphatic heterocycles. The zero-order chi connectivity index (χ0) is 18.9. The van der Waals surface area contributed by atoms with Crippen molar-refractivity contribution in [3.8, 4) is 0 Å². The normalized spacial score (nSPS) is 12.7. The monoisotopic (exact) mass is 388 g/mol. The van der Waals surface area contributed by atoms with Gasteiger partial charge in [0.15, 0.2) is 14.6 Å². The minimum atomic E-state index is -3.56. The Kier molecular flexibility index (Phi) is 5.11. The van der Waals surface area contributed by atoms with Crippen molar-refractivity contribution < 1.29 is 13.2 Å². The fourth-order valence-corrected chi connectivity index (χ4v) is 5.30. The van der Waals surface area contributed by atoms with Gasteiger partial charge in [0.1, 0.15) is 5.75 Å². The van der Waals surface area contributed by atoms with Crippen molar-refractivity contribution in [2.75, 3.05) is 5.75 Å². The van der Waals surface area contributed by atoms with E-state index in [0.29, 0.717) is 10.4 Å². The summed E-state index contributed by atoms with van der Waals surface area (Å²) in [5.74, 6) is -1.39. The van der Waals surface area contributed by atoms with Crippen molar-refractivity contribution in [3.63, 3.8) is 0 Å². The maximum Gasteiger partial charge on any atom is 0.263 e. The molecule has 0 aliphatic rings. The summed E-state index contributed by atoms with van der Waals surface area (Å²) in [5.41, 5.74) is 3.89. The molecule has 136 valence electrons. The van der Waals surface area contributed by atoms with Crippen LogP contribution in [0.2, 0.25) is 0 Å². The maximum atomic E-state index is 12.3. The molecule has 1 aromatic heterocycles. The number of amides is 1. The van der Waals surface area contributed by atoms with Crippen LogP contribution >= 0.6 is 11.3 Å². The van der Waals surface area contributed by atoms with E-state index in [1.165, 1.54) is 11.3 Å². The standard InChI is InChI=1S/C19H20N2O3S2/c1-13-9-10-14(2)18-17(13)21(3)19(25-18)20-16(22)12-26(23,24)11-15-7-5-4-6-8-15/h4-10H,11-12H2,1-3H3. The highest BCUT2D eigenvalue weighted by atomic mass is 32.2. The molecule has 0 atom stereocenters. The second-order valence-electron chi connectivity index (χ2n) is 6.34. The van der Waals surface area contributed by atoms with Gasteiger partial charge in [-0.15, -0.1) is 0 Å². The number of nitrogens with zero attached hydrogens (tertiary/aromatic N) is 2. The highest BCUT2D eigenvalue weighted by molar-refractivity contribution is 7.91. The van der Waals surface area contributed by atoms with Crippen LogP contribution in [0.4, 0.5) is 0 Å². The molecular formula is C19H20N2O3S2. The lowest BCUT2D eigenvalue weighted by molar-refractivity contribution is -0.115. The first-order chi connectivity index (χ1) is 12.3. The van der Waals surface area contributed by atoms with Crippen LogP contribution in [0.5, 0.6) is 0 Å². The lowest BCUT2D eigenvalue weighted by atomic mass is 10.1. The first kappa shape index (κ1) is 18.5. The Morgan fingerprint density at radius 1 is 1.08 bits per heavy atom. The molecule has 7 heteroatoms. The number of carbonyl (C=O) groups excluding carboxylic acids is 1. The zero-order valence-corrected chi connectivity index (χ0v) is 16.5. The van der Waals surface area contributed by atoms with Gasteiger partial charge in [-0.25, -0.2) is 8.42 Å². The van der Waals surface area contributed by atoms with Crippen molar-refractivity contribution in [2.45, 2.75) is 19.6 Å². The first-order valence-electron chi connectivity index (χ1n) is 8.14. The molecule has 3 rings (SSSR count). The van der Waals surface area contributed by atoms with Crippen LogP contribution in [-0.2, 0) is 27.4 Å². The molecule has 2 aromatic carbocycles. The van der Waals surface area contributed by atoms with Gasteiger partial charge in [0.2, 0.25) is 0 Å². The predicted molar refractivity (Wildman–Crippen MR) is 105 cm³/mol. The van der Waals surface area contributed by atoms with Gasteiger partial charge in [-0.3, -0.25) is 4.79 Å². The summed E-state index contributed by atoms with van der Waals surface area (Å²) in [6.45, 7) is 4.01. The SMILES string of the molecule is Cc1ccc(C)c2c1sc(=NC(=O)CS(=O)(=O)Cc1ccccc1)n2C. The summed E-state index contributed by atoms with van der Waals surface area (Å²) in [5, 5.41) is 0. The minimum Gasteiger partial charge on any atom is -0.319 e. The molecule has 0 radical (unpaired) electrons. The summed E-state index contributed by atoms with van der Waals surface area (Å²) < 4.78 is 27.5. The number of carbonyl (C=O) groups is 1. The van der Waals surface area contributed by atoms with Crippen molar-refractivity contribution in [2.24, 2.45) is 12.0 Å². The fourth-order valence-electron chi connectivity index (χ4n) is 2.88. The number of benzene rings is 2. The van der Waals surface area contributed by atoms with Crippen molar-refractivity contribution in [1.29, 1.82) is 0 Å². The lowest BCUT2D eigenvalue weighted by Gasteiger charge is -2.02. The number of sulfone groups is 1. The van der Waals surface area contributed by atoms with Crippen LogP contribution in [0.3, 0.4) is 0 Å². The number of rotatable bonds is 4. The van der Waals surface area contributed by atoms with E-state index in [9.17, 15) is 13.2 Å². The van der Waals surface area contributed by atoms with Crippen molar-refractivity contribution in [1.82, 2.24) is 4.57 Å². The average molecular weight is 389 g/mol. The van der Waals surface area contributed by atoms with E-state index in [0.717, 1.165) is 21.3 Å². The van der Waals surface area contributed by atoms with E-state index in [1.807, 2.05) is 43.7 Å². The molecule has 1 heterocycles. The molecule has 0 bridgehead atoms. The molecular weight excluding hydrogens is 368 g/mol. The Morgan fingerprint density at radius 2 is 1.73 bits per heavy atom. The molecule has 0 unspecified atom stereocenters. The Labute approximate surface area is 156 Å². The molecule has 0 aliphatic carbocycles. The van der Waals surface area contributed by atoms with Crippen LogP contribution < -0.4 is 4.80 Å². The molecule has 5 nitrogen and oxygen atoms in total. The molecule has 0 saturated carbocycles. The summed E-state index contributed by atoms with van der Waals surface area (Å²) in [4.78, 5) is 16.8. The Hall–Kier alpha value is -2.25. The highest BCUT2D eigenvalue weighted by Crippen LogP contribution is 2.24. The van der Waals surface area contributed by atoms with Crippen LogP contribution in [0, 0.1) is 13.8 Å². The van der Waals surface area contributed by atoms with Gasteiger partial charge in [0.05, 0.1) is 16.0 Å². The quantitative estimate of drug-likeness (QED) is 0.690.